The quantitative estimate of drug-likeness (QED) is 0.161. The first-order valence-electron chi connectivity index (χ1n) is 20.8. The van der Waals surface area contributed by atoms with Gasteiger partial charge in [-0.3, -0.25) is 0 Å². The smallest absolute Gasteiger partial charge is 0.164 e. The van der Waals surface area contributed by atoms with Gasteiger partial charge < -0.3 is 8.98 Å². The summed E-state index contributed by atoms with van der Waals surface area (Å²) in [6.07, 6.45) is 0. The van der Waals surface area contributed by atoms with Gasteiger partial charge in [0.1, 0.15) is 11.2 Å². The molecule has 3 heterocycles. The molecule has 0 radical (unpaired) electrons. The third kappa shape index (κ3) is 6.23. The maximum absolute atomic E-state index is 6.76. The number of hydrogen-bond donors (Lipinski definition) is 0. The van der Waals surface area contributed by atoms with E-state index in [2.05, 4.69) is 211 Å². The maximum Gasteiger partial charge on any atom is 0.164 e. The Kier molecular flexibility index (Phi) is 8.42. The number of hydrogen-bond acceptors (Lipinski definition) is 4. The molecular weight excluding hydrogens is 757 g/mol. The van der Waals surface area contributed by atoms with E-state index < -0.39 is 0 Å². The molecule has 0 amide bonds. The highest BCUT2D eigenvalue weighted by molar-refractivity contribution is 6.17. The van der Waals surface area contributed by atoms with E-state index in [1.807, 2.05) is 12.1 Å². The van der Waals surface area contributed by atoms with Gasteiger partial charge in [0.05, 0.1) is 11.0 Å². The molecule has 0 fully saturated rings. The number of nitrogens with zero attached hydrogens (tertiary/aromatic N) is 4. The minimum absolute atomic E-state index is 0.576. The second-order valence-electron chi connectivity index (χ2n) is 15.6. The molecule has 0 aliphatic carbocycles. The second kappa shape index (κ2) is 14.7. The van der Waals surface area contributed by atoms with E-state index in [1.165, 1.54) is 21.9 Å². The fourth-order valence-electron chi connectivity index (χ4n) is 8.76. The van der Waals surface area contributed by atoms with Gasteiger partial charge in [0.25, 0.3) is 0 Å². The number of benzene rings is 9. The molecule has 0 saturated carbocycles. The van der Waals surface area contributed by atoms with Crippen LogP contribution in [0.4, 0.5) is 0 Å². The van der Waals surface area contributed by atoms with Crippen LogP contribution in [0.25, 0.3) is 117 Å². The summed E-state index contributed by atoms with van der Waals surface area (Å²) in [6.45, 7) is 0. The zero-order chi connectivity index (χ0) is 41.0. The molecule has 12 rings (SSSR count). The van der Waals surface area contributed by atoms with Gasteiger partial charge in [0, 0.05) is 50.0 Å². The van der Waals surface area contributed by atoms with Crippen LogP contribution in [0.3, 0.4) is 0 Å². The van der Waals surface area contributed by atoms with Crippen molar-refractivity contribution in [3.05, 3.63) is 218 Å². The monoisotopic (exact) mass is 792 g/mol. The maximum atomic E-state index is 6.76. The minimum Gasteiger partial charge on any atom is -0.456 e. The molecule has 0 aliphatic heterocycles. The highest BCUT2D eigenvalue weighted by atomic mass is 16.3. The molecule has 5 heteroatoms. The van der Waals surface area contributed by atoms with Crippen molar-refractivity contribution in [2.45, 2.75) is 0 Å². The summed E-state index contributed by atoms with van der Waals surface area (Å²) in [5.41, 5.74) is 14.5. The van der Waals surface area contributed by atoms with Gasteiger partial charge in [-0.25, -0.2) is 15.0 Å². The lowest BCUT2D eigenvalue weighted by molar-refractivity contribution is 0.669. The first-order valence-corrected chi connectivity index (χ1v) is 20.8. The Hall–Kier alpha value is -8.41. The summed E-state index contributed by atoms with van der Waals surface area (Å²) >= 11 is 0. The van der Waals surface area contributed by atoms with Gasteiger partial charge in [-0.2, -0.15) is 0 Å². The molecule has 0 unspecified atom stereocenters. The lowest BCUT2D eigenvalue weighted by Crippen LogP contribution is -2.00. The van der Waals surface area contributed by atoms with Crippen LogP contribution >= 0.6 is 0 Å². The highest BCUT2D eigenvalue weighted by Crippen LogP contribution is 2.40. The Morgan fingerprint density at radius 1 is 0.274 bits per heavy atom. The molecule has 0 atom stereocenters. The van der Waals surface area contributed by atoms with Crippen LogP contribution in [-0.4, -0.2) is 19.5 Å². The van der Waals surface area contributed by atoms with Crippen LogP contribution in [0.15, 0.2) is 223 Å². The van der Waals surface area contributed by atoms with Crippen LogP contribution < -0.4 is 0 Å². The number of aromatic nitrogens is 4. The lowest BCUT2D eigenvalue weighted by Gasteiger charge is -2.10. The molecule has 9 aromatic carbocycles. The number of furan rings is 1. The topological polar surface area (TPSA) is 56.7 Å². The van der Waals surface area contributed by atoms with Gasteiger partial charge in [0.15, 0.2) is 17.5 Å². The van der Waals surface area contributed by atoms with E-state index in [0.717, 1.165) is 77.6 Å². The number of fused-ring (bicyclic) bond motifs is 6. The molecule has 3 aromatic heterocycles. The Labute approximate surface area is 357 Å². The summed E-state index contributed by atoms with van der Waals surface area (Å²) in [5.74, 6) is 1.79. The third-order valence-corrected chi connectivity index (χ3v) is 11.9. The second-order valence-corrected chi connectivity index (χ2v) is 15.6. The normalized spacial score (nSPS) is 11.5. The zero-order valence-corrected chi connectivity index (χ0v) is 33.5. The molecule has 0 aliphatic rings. The van der Waals surface area contributed by atoms with Gasteiger partial charge in [-0.1, -0.05) is 176 Å². The van der Waals surface area contributed by atoms with Crippen molar-refractivity contribution in [2.24, 2.45) is 0 Å². The van der Waals surface area contributed by atoms with E-state index in [1.54, 1.807) is 0 Å². The number of para-hydroxylation sites is 1. The van der Waals surface area contributed by atoms with Crippen LogP contribution in [0, 0.1) is 0 Å². The first-order chi connectivity index (χ1) is 30.7. The van der Waals surface area contributed by atoms with Crippen LogP contribution in [0.2, 0.25) is 0 Å². The van der Waals surface area contributed by atoms with Crippen LogP contribution in [0.1, 0.15) is 0 Å². The van der Waals surface area contributed by atoms with Crippen molar-refractivity contribution in [1.82, 2.24) is 19.5 Å². The Morgan fingerprint density at radius 3 is 1.35 bits per heavy atom. The Morgan fingerprint density at radius 2 is 0.742 bits per heavy atom. The lowest BCUT2D eigenvalue weighted by atomic mass is 10.0. The van der Waals surface area contributed by atoms with Gasteiger partial charge in [0.2, 0.25) is 0 Å². The summed E-state index contributed by atoms with van der Waals surface area (Å²) in [7, 11) is 0. The van der Waals surface area contributed by atoms with Crippen molar-refractivity contribution >= 4 is 43.7 Å². The molecule has 0 N–H and O–H groups in total. The predicted octanol–water partition coefficient (Wildman–Crippen LogP) is 14.9. The van der Waals surface area contributed by atoms with Gasteiger partial charge >= 0.3 is 0 Å². The molecule has 5 nitrogen and oxygen atoms in total. The summed E-state index contributed by atoms with van der Waals surface area (Å²) in [4.78, 5) is 15.3. The summed E-state index contributed by atoms with van der Waals surface area (Å²) in [6, 6.07) is 76.3. The van der Waals surface area contributed by atoms with Crippen molar-refractivity contribution in [3.8, 4) is 73.2 Å². The van der Waals surface area contributed by atoms with Crippen molar-refractivity contribution in [1.29, 1.82) is 0 Å². The van der Waals surface area contributed by atoms with Crippen molar-refractivity contribution < 1.29 is 4.42 Å². The standard InChI is InChI=1S/C57H36N4O/c1-4-13-37(14-5-1)40-23-27-42(28-24-40)55-58-56(43-29-25-41(26-30-43)38-15-6-2-7-16-38)60-57(59-55)45-31-32-48-50-35-49-47-21-10-11-22-51(47)61(52(49)36-54(50)62-53(48)34-45)46-20-12-19-44(33-46)39-17-8-3-9-18-39/h1-36H. The fraction of sp³-hybridized carbons (Fsp3) is 0. The van der Waals surface area contributed by atoms with E-state index in [0.29, 0.717) is 17.5 Å². The molecule has 0 saturated heterocycles. The largest absolute Gasteiger partial charge is 0.456 e. The third-order valence-electron chi connectivity index (χ3n) is 11.9. The molecule has 0 spiro atoms. The van der Waals surface area contributed by atoms with E-state index in [4.69, 9.17) is 19.4 Å². The van der Waals surface area contributed by atoms with Crippen molar-refractivity contribution in [2.75, 3.05) is 0 Å². The first kappa shape index (κ1) is 35.5. The predicted molar refractivity (Wildman–Crippen MR) is 254 cm³/mol. The SMILES string of the molecule is c1ccc(-c2ccc(-c3nc(-c4ccc(-c5ccccc5)cc4)nc(-c4ccc5c(c4)oc4cc6c(cc45)c4ccccc4n6-c4cccc(-c5ccccc5)c4)n3)cc2)cc1. The molecule has 12 aromatic rings. The average molecular weight is 793 g/mol. The van der Waals surface area contributed by atoms with E-state index in [9.17, 15) is 0 Å². The van der Waals surface area contributed by atoms with E-state index in [-0.39, 0.29) is 0 Å². The molecule has 62 heavy (non-hydrogen) atoms. The van der Waals surface area contributed by atoms with Crippen LogP contribution in [0.5, 0.6) is 0 Å². The molecule has 290 valence electrons. The Bertz CT molecular complexity index is 3490. The van der Waals surface area contributed by atoms with Gasteiger partial charge in [-0.05, 0) is 69.8 Å². The van der Waals surface area contributed by atoms with Crippen molar-refractivity contribution in [3.63, 3.8) is 0 Å². The average Bonchev–Trinajstić information content (AvgIpc) is 3.88. The van der Waals surface area contributed by atoms with Gasteiger partial charge in [-0.15, -0.1) is 0 Å². The highest BCUT2D eigenvalue weighted by Gasteiger charge is 2.19. The number of rotatable bonds is 7. The fourth-order valence-corrected chi connectivity index (χ4v) is 8.76. The minimum atomic E-state index is 0.576. The molecular formula is C57H36N4O. The summed E-state index contributed by atoms with van der Waals surface area (Å²) in [5, 5.41) is 4.47. The Balaban J connectivity index is 0.981. The van der Waals surface area contributed by atoms with Crippen LogP contribution in [-0.2, 0) is 0 Å². The van der Waals surface area contributed by atoms with E-state index >= 15 is 0 Å². The summed E-state index contributed by atoms with van der Waals surface area (Å²) < 4.78 is 9.11. The molecule has 0 bridgehead atoms. The zero-order valence-electron chi connectivity index (χ0n) is 33.5.